The summed E-state index contributed by atoms with van der Waals surface area (Å²) in [5.41, 5.74) is 0. The molecule has 2 rings (SSSR count). The molecule has 11 heavy (non-hydrogen) atoms. The second-order valence-electron chi connectivity index (χ2n) is 3.76. The smallest absolute Gasteiger partial charge is 0.0128 e. The standard InChI is InChI=1S/C9H18N2/c1-2-8-7-9(8)11-5-3-10-4-6-11/h8-10H,2-7H2,1H3. The molecule has 2 atom stereocenters. The molecular weight excluding hydrogens is 136 g/mol. The molecule has 0 aromatic carbocycles. The topological polar surface area (TPSA) is 15.3 Å². The summed E-state index contributed by atoms with van der Waals surface area (Å²) in [7, 11) is 0. The molecule has 2 aliphatic rings. The van der Waals surface area contributed by atoms with E-state index in [0.717, 1.165) is 12.0 Å². The zero-order valence-electron chi connectivity index (χ0n) is 7.34. The lowest BCUT2D eigenvalue weighted by Gasteiger charge is -2.27. The Kier molecular flexibility index (Phi) is 2.14. The van der Waals surface area contributed by atoms with Gasteiger partial charge >= 0.3 is 0 Å². The van der Waals surface area contributed by atoms with E-state index in [-0.39, 0.29) is 0 Å². The maximum absolute atomic E-state index is 3.39. The van der Waals surface area contributed by atoms with Crippen LogP contribution in [0.3, 0.4) is 0 Å². The fourth-order valence-corrected chi connectivity index (χ4v) is 2.13. The van der Waals surface area contributed by atoms with Crippen molar-refractivity contribution in [2.75, 3.05) is 26.2 Å². The number of rotatable bonds is 2. The van der Waals surface area contributed by atoms with Gasteiger partial charge in [-0.2, -0.15) is 0 Å². The molecule has 1 saturated heterocycles. The van der Waals surface area contributed by atoms with Crippen LogP contribution in [0.25, 0.3) is 0 Å². The molecule has 2 fully saturated rings. The van der Waals surface area contributed by atoms with Crippen LogP contribution in [0.1, 0.15) is 19.8 Å². The van der Waals surface area contributed by atoms with Gasteiger partial charge in [0, 0.05) is 32.2 Å². The number of piperazine rings is 1. The van der Waals surface area contributed by atoms with Gasteiger partial charge in [0.15, 0.2) is 0 Å². The first kappa shape index (κ1) is 7.56. The highest BCUT2D eigenvalue weighted by Gasteiger charge is 2.39. The molecule has 0 spiro atoms. The third-order valence-corrected chi connectivity index (χ3v) is 3.03. The zero-order valence-corrected chi connectivity index (χ0v) is 7.34. The Balaban J connectivity index is 1.77. The first-order valence-electron chi connectivity index (χ1n) is 4.86. The molecule has 0 bridgehead atoms. The molecule has 1 saturated carbocycles. The van der Waals surface area contributed by atoms with E-state index in [1.807, 2.05) is 0 Å². The number of hydrogen-bond donors (Lipinski definition) is 1. The maximum atomic E-state index is 3.39. The lowest BCUT2D eigenvalue weighted by Crippen LogP contribution is -2.44. The predicted molar refractivity (Wildman–Crippen MR) is 46.6 cm³/mol. The fraction of sp³-hybridized carbons (Fsp3) is 1.00. The molecule has 0 radical (unpaired) electrons. The van der Waals surface area contributed by atoms with E-state index in [9.17, 15) is 0 Å². The monoisotopic (exact) mass is 154 g/mol. The minimum Gasteiger partial charge on any atom is -0.314 e. The van der Waals surface area contributed by atoms with Crippen LogP contribution < -0.4 is 5.32 Å². The van der Waals surface area contributed by atoms with Crippen molar-refractivity contribution < 1.29 is 0 Å². The van der Waals surface area contributed by atoms with Crippen LogP contribution in [-0.2, 0) is 0 Å². The highest BCUT2D eigenvalue weighted by atomic mass is 15.2. The molecule has 1 N–H and O–H groups in total. The SMILES string of the molecule is CCC1CC1N1CCNCC1. The van der Waals surface area contributed by atoms with Gasteiger partial charge in [0.05, 0.1) is 0 Å². The molecule has 0 amide bonds. The largest absolute Gasteiger partial charge is 0.314 e. The Morgan fingerprint density at radius 1 is 1.36 bits per heavy atom. The van der Waals surface area contributed by atoms with Crippen molar-refractivity contribution in [2.45, 2.75) is 25.8 Å². The van der Waals surface area contributed by atoms with Gasteiger partial charge in [-0.1, -0.05) is 13.3 Å². The van der Waals surface area contributed by atoms with Crippen molar-refractivity contribution in [3.05, 3.63) is 0 Å². The van der Waals surface area contributed by atoms with E-state index in [0.29, 0.717) is 0 Å². The van der Waals surface area contributed by atoms with Crippen molar-refractivity contribution in [1.29, 1.82) is 0 Å². The van der Waals surface area contributed by atoms with Crippen molar-refractivity contribution in [2.24, 2.45) is 5.92 Å². The summed E-state index contributed by atoms with van der Waals surface area (Å²) in [4.78, 5) is 2.66. The molecule has 2 nitrogen and oxygen atoms in total. The number of nitrogens with one attached hydrogen (secondary N) is 1. The van der Waals surface area contributed by atoms with E-state index in [2.05, 4.69) is 17.1 Å². The molecule has 0 aromatic heterocycles. The van der Waals surface area contributed by atoms with Crippen LogP contribution in [0, 0.1) is 5.92 Å². The summed E-state index contributed by atoms with van der Waals surface area (Å²) in [6.07, 6.45) is 2.85. The number of nitrogens with zero attached hydrogens (tertiary/aromatic N) is 1. The molecule has 64 valence electrons. The lowest BCUT2D eigenvalue weighted by atomic mass is 10.3. The molecule has 1 heterocycles. The summed E-state index contributed by atoms with van der Waals surface area (Å²) in [5, 5.41) is 3.39. The predicted octanol–water partition coefficient (Wildman–Crippen LogP) is 0.690. The maximum Gasteiger partial charge on any atom is 0.0128 e. The lowest BCUT2D eigenvalue weighted by molar-refractivity contribution is 0.221. The van der Waals surface area contributed by atoms with Gasteiger partial charge in [-0.25, -0.2) is 0 Å². The molecule has 2 unspecified atom stereocenters. The third-order valence-electron chi connectivity index (χ3n) is 3.03. The number of hydrogen-bond acceptors (Lipinski definition) is 2. The molecule has 0 aromatic rings. The van der Waals surface area contributed by atoms with Crippen LogP contribution in [0.4, 0.5) is 0 Å². The van der Waals surface area contributed by atoms with Crippen LogP contribution in [0.5, 0.6) is 0 Å². The van der Waals surface area contributed by atoms with Crippen molar-refractivity contribution in [3.63, 3.8) is 0 Å². The van der Waals surface area contributed by atoms with Gasteiger partial charge in [-0.05, 0) is 12.3 Å². The van der Waals surface area contributed by atoms with Crippen LogP contribution in [-0.4, -0.2) is 37.1 Å². The summed E-state index contributed by atoms with van der Waals surface area (Å²) < 4.78 is 0. The van der Waals surface area contributed by atoms with Gasteiger partial charge in [0.1, 0.15) is 0 Å². The van der Waals surface area contributed by atoms with E-state index < -0.39 is 0 Å². The summed E-state index contributed by atoms with van der Waals surface area (Å²) >= 11 is 0. The Morgan fingerprint density at radius 2 is 2.09 bits per heavy atom. The molecular formula is C9H18N2. The van der Waals surface area contributed by atoms with Crippen molar-refractivity contribution >= 4 is 0 Å². The van der Waals surface area contributed by atoms with Gasteiger partial charge in [0.2, 0.25) is 0 Å². The molecule has 1 aliphatic carbocycles. The van der Waals surface area contributed by atoms with E-state index in [1.165, 1.54) is 39.0 Å². The Hall–Kier alpha value is -0.0800. The van der Waals surface area contributed by atoms with Gasteiger partial charge in [0.25, 0.3) is 0 Å². The highest BCUT2D eigenvalue weighted by Crippen LogP contribution is 2.37. The van der Waals surface area contributed by atoms with Crippen LogP contribution in [0.2, 0.25) is 0 Å². The third kappa shape index (κ3) is 1.57. The van der Waals surface area contributed by atoms with Gasteiger partial charge in [-0.3, -0.25) is 4.90 Å². The van der Waals surface area contributed by atoms with Gasteiger partial charge < -0.3 is 5.32 Å². The fourth-order valence-electron chi connectivity index (χ4n) is 2.13. The first-order valence-corrected chi connectivity index (χ1v) is 4.86. The minimum absolute atomic E-state index is 0.960. The van der Waals surface area contributed by atoms with Crippen molar-refractivity contribution in [1.82, 2.24) is 10.2 Å². The minimum atomic E-state index is 0.960. The van der Waals surface area contributed by atoms with E-state index in [1.54, 1.807) is 0 Å². The average molecular weight is 154 g/mol. The zero-order chi connectivity index (χ0) is 7.68. The Bertz CT molecular complexity index is 130. The Morgan fingerprint density at radius 3 is 2.64 bits per heavy atom. The van der Waals surface area contributed by atoms with Crippen LogP contribution in [0.15, 0.2) is 0 Å². The second kappa shape index (κ2) is 3.11. The summed E-state index contributed by atoms with van der Waals surface area (Å²) in [5.74, 6) is 1.04. The molecule has 2 heteroatoms. The quantitative estimate of drug-likeness (QED) is 0.629. The Labute approximate surface area is 69.0 Å². The van der Waals surface area contributed by atoms with Crippen LogP contribution >= 0.6 is 0 Å². The van der Waals surface area contributed by atoms with E-state index in [4.69, 9.17) is 0 Å². The molecule has 1 aliphatic heterocycles. The van der Waals surface area contributed by atoms with Crippen molar-refractivity contribution in [3.8, 4) is 0 Å². The normalized spacial score (nSPS) is 39.0. The summed E-state index contributed by atoms with van der Waals surface area (Å²) in [6, 6.07) is 0.960. The second-order valence-corrected chi connectivity index (χ2v) is 3.76. The van der Waals surface area contributed by atoms with E-state index >= 15 is 0 Å². The first-order chi connectivity index (χ1) is 5.42. The highest BCUT2D eigenvalue weighted by molar-refractivity contribution is 4.95. The van der Waals surface area contributed by atoms with Gasteiger partial charge in [-0.15, -0.1) is 0 Å². The average Bonchev–Trinajstić information content (AvgIpc) is 2.85. The summed E-state index contributed by atoms with van der Waals surface area (Å²) in [6.45, 7) is 7.27.